The number of piperidine rings is 1. The van der Waals surface area contributed by atoms with E-state index in [2.05, 4.69) is 29.6 Å². The summed E-state index contributed by atoms with van der Waals surface area (Å²) in [6, 6.07) is 17.9. The number of rotatable bonds is 5. The SMILES string of the molecule is N#C/C(=C/N1CCC(Cc2ccccc2)CC1)C(=O)Nc1ccc(F)cc1. The lowest BCUT2D eigenvalue weighted by Gasteiger charge is -2.31. The molecule has 0 bridgehead atoms. The molecule has 1 fully saturated rings. The van der Waals surface area contributed by atoms with Crippen LogP contribution in [0.2, 0.25) is 0 Å². The third-order valence-electron chi connectivity index (χ3n) is 4.80. The Bertz CT molecular complexity index is 832. The first-order valence-corrected chi connectivity index (χ1v) is 9.11. The van der Waals surface area contributed by atoms with E-state index in [0.29, 0.717) is 11.6 Å². The number of nitrogens with zero attached hydrogens (tertiary/aromatic N) is 2. The summed E-state index contributed by atoms with van der Waals surface area (Å²) < 4.78 is 12.9. The number of nitrogens with one attached hydrogen (secondary N) is 1. The summed E-state index contributed by atoms with van der Waals surface area (Å²) in [4.78, 5) is 14.3. The van der Waals surface area contributed by atoms with E-state index in [9.17, 15) is 14.4 Å². The van der Waals surface area contributed by atoms with Crippen LogP contribution in [0.4, 0.5) is 10.1 Å². The second-order valence-corrected chi connectivity index (χ2v) is 6.78. The number of hydrogen-bond donors (Lipinski definition) is 1. The van der Waals surface area contributed by atoms with Crippen molar-refractivity contribution in [1.29, 1.82) is 5.26 Å². The molecule has 0 aromatic heterocycles. The molecule has 0 aliphatic carbocycles. The minimum Gasteiger partial charge on any atom is -0.376 e. The Hall–Kier alpha value is -3.13. The first-order valence-electron chi connectivity index (χ1n) is 9.11. The van der Waals surface area contributed by atoms with E-state index in [0.717, 1.165) is 32.4 Å². The van der Waals surface area contributed by atoms with Crippen LogP contribution >= 0.6 is 0 Å². The topological polar surface area (TPSA) is 56.1 Å². The summed E-state index contributed by atoms with van der Waals surface area (Å²) in [7, 11) is 0. The molecule has 1 aliphatic rings. The first-order chi connectivity index (χ1) is 13.1. The Morgan fingerprint density at radius 1 is 1.15 bits per heavy atom. The van der Waals surface area contributed by atoms with Gasteiger partial charge in [0, 0.05) is 25.0 Å². The standard InChI is InChI=1S/C22H22FN3O/c23-20-6-8-21(9-7-20)25-22(27)19(15-24)16-26-12-10-18(11-13-26)14-17-4-2-1-3-5-17/h1-9,16,18H,10-14H2,(H,25,27)/b19-16-. The van der Waals surface area contributed by atoms with Crippen LogP contribution in [0, 0.1) is 23.1 Å². The molecule has 1 heterocycles. The van der Waals surface area contributed by atoms with Gasteiger partial charge in [-0.1, -0.05) is 30.3 Å². The lowest BCUT2D eigenvalue weighted by Crippen LogP contribution is -2.31. The van der Waals surface area contributed by atoms with E-state index in [-0.39, 0.29) is 11.4 Å². The summed E-state index contributed by atoms with van der Waals surface area (Å²) in [5.74, 6) is -0.228. The zero-order chi connectivity index (χ0) is 19.1. The van der Waals surface area contributed by atoms with Crippen molar-refractivity contribution >= 4 is 11.6 Å². The average Bonchev–Trinajstić information content (AvgIpc) is 2.70. The summed E-state index contributed by atoms with van der Waals surface area (Å²) in [5.41, 5.74) is 1.87. The van der Waals surface area contributed by atoms with Gasteiger partial charge in [-0.2, -0.15) is 5.26 Å². The Kier molecular flexibility index (Phi) is 6.22. The molecule has 4 nitrogen and oxygen atoms in total. The van der Waals surface area contributed by atoms with E-state index >= 15 is 0 Å². The van der Waals surface area contributed by atoms with Crippen molar-refractivity contribution < 1.29 is 9.18 Å². The third kappa shape index (κ3) is 5.42. The van der Waals surface area contributed by atoms with Gasteiger partial charge in [0.25, 0.3) is 5.91 Å². The molecule has 138 valence electrons. The number of amides is 1. The van der Waals surface area contributed by atoms with Gasteiger partial charge >= 0.3 is 0 Å². The zero-order valence-electron chi connectivity index (χ0n) is 15.1. The van der Waals surface area contributed by atoms with Crippen molar-refractivity contribution in [2.75, 3.05) is 18.4 Å². The second-order valence-electron chi connectivity index (χ2n) is 6.78. The van der Waals surface area contributed by atoms with Gasteiger partial charge in [-0.05, 0) is 55.0 Å². The zero-order valence-corrected chi connectivity index (χ0v) is 15.1. The molecule has 0 spiro atoms. The van der Waals surface area contributed by atoms with Crippen molar-refractivity contribution in [2.24, 2.45) is 5.92 Å². The van der Waals surface area contributed by atoms with Gasteiger partial charge < -0.3 is 10.2 Å². The van der Waals surface area contributed by atoms with Gasteiger partial charge in [-0.25, -0.2) is 4.39 Å². The van der Waals surface area contributed by atoms with E-state index < -0.39 is 5.91 Å². The van der Waals surface area contributed by atoms with Crippen molar-refractivity contribution in [3.05, 3.63) is 77.8 Å². The fraction of sp³-hybridized carbons (Fsp3) is 0.273. The number of nitriles is 1. The fourth-order valence-electron chi connectivity index (χ4n) is 3.29. The molecular weight excluding hydrogens is 341 g/mol. The third-order valence-corrected chi connectivity index (χ3v) is 4.80. The average molecular weight is 363 g/mol. The van der Waals surface area contributed by atoms with Gasteiger partial charge in [0.15, 0.2) is 0 Å². The van der Waals surface area contributed by atoms with Crippen LogP contribution in [0.25, 0.3) is 0 Å². The van der Waals surface area contributed by atoms with Crippen LogP contribution in [0.15, 0.2) is 66.4 Å². The summed E-state index contributed by atoms with van der Waals surface area (Å²) in [6.45, 7) is 1.65. The van der Waals surface area contributed by atoms with Crippen LogP contribution in [-0.4, -0.2) is 23.9 Å². The number of halogens is 1. The quantitative estimate of drug-likeness (QED) is 0.642. The van der Waals surface area contributed by atoms with Crippen LogP contribution in [0.5, 0.6) is 0 Å². The molecule has 0 atom stereocenters. The minimum atomic E-state index is -0.476. The van der Waals surface area contributed by atoms with Crippen molar-refractivity contribution in [1.82, 2.24) is 4.90 Å². The van der Waals surface area contributed by atoms with Crippen LogP contribution in [0.1, 0.15) is 18.4 Å². The van der Waals surface area contributed by atoms with E-state index in [1.165, 1.54) is 29.8 Å². The number of benzene rings is 2. The monoisotopic (exact) mass is 363 g/mol. The highest BCUT2D eigenvalue weighted by atomic mass is 19.1. The maximum Gasteiger partial charge on any atom is 0.267 e. The maximum absolute atomic E-state index is 12.9. The highest BCUT2D eigenvalue weighted by Gasteiger charge is 2.19. The van der Waals surface area contributed by atoms with E-state index in [1.54, 1.807) is 6.20 Å². The highest BCUT2D eigenvalue weighted by molar-refractivity contribution is 6.06. The molecular formula is C22H22FN3O. The number of carbonyl (C=O) groups excluding carboxylic acids is 1. The Morgan fingerprint density at radius 3 is 2.44 bits per heavy atom. The summed E-state index contributed by atoms with van der Waals surface area (Å²) in [5, 5.41) is 12.0. The lowest BCUT2D eigenvalue weighted by atomic mass is 9.90. The first kappa shape index (κ1) is 18.7. The van der Waals surface area contributed by atoms with Gasteiger partial charge in [-0.15, -0.1) is 0 Å². The molecule has 2 aromatic carbocycles. The smallest absolute Gasteiger partial charge is 0.267 e. The number of likely N-dealkylation sites (tertiary alicyclic amines) is 1. The normalized spacial score (nSPS) is 15.3. The lowest BCUT2D eigenvalue weighted by molar-refractivity contribution is -0.112. The summed E-state index contributed by atoms with van der Waals surface area (Å²) in [6.07, 6.45) is 4.76. The fourth-order valence-corrected chi connectivity index (χ4v) is 3.29. The van der Waals surface area contributed by atoms with Gasteiger partial charge in [0.2, 0.25) is 0 Å². The van der Waals surface area contributed by atoms with E-state index in [4.69, 9.17) is 0 Å². The molecule has 1 aliphatic heterocycles. The van der Waals surface area contributed by atoms with Crippen molar-refractivity contribution in [3.8, 4) is 6.07 Å². The molecule has 1 N–H and O–H groups in total. The minimum absolute atomic E-state index is 0.0563. The van der Waals surface area contributed by atoms with Gasteiger partial charge in [0.05, 0.1) is 0 Å². The molecule has 27 heavy (non-hydrogen) atoms. The van der Waals surface area contributed by atoms with Crippen molar-refractivity contribution in [2.45, 2.75) is 19.3 Å². The highest BCUT2D eigenvalue weighted by Crippen LogP contribution is 2.22. The Morgan fingerprint density at radius 2 is 1.81 bits per heavy atom. The van der Waals surface area contributed by atoms with Crippen molar-refractivity contribution in [3.63, 3.8) is 0 Å². The predicted octanol–water partition coefficient (Wildman–Crippen LogP) is 4.13. The van der Waals surface area contributed by atoms with Crippen LogP contribution in [0.3, 0.4) is 0 Å². The molecule has 2 aromatic rings. The van der Waals surface area contributed by atoms with E-state index in [1.807, 2.05) is 17.0 Å². The molecule has 5 heteroatoms. The molecule has 3 rings (SSSR count). The molecule has 0 unspecified atom stereocenters. The predicted molar refractivity (Wildman–Crippen MR) is 103 cm³/mol. The second kappa shape index (κ2) is 9.00. The van der Waals surface area contributed by atoms with Crippen LogP contribution < -0.4 is 5.32 Å². The molecule has 1 amide bonds. The van der Waals surface area contributed by atoms with Crippen LogP contribution in [-0.2, 0) is 11.2 Å². The Balaban J connectivity index is 1.54. The maximum atomic E-state index is 12.9. The largest absolute Gasteiger partial charge is 0.376 e. The number of carbonyl (C=O) groups is 1. The summed E-state index contributed by atoms with van der Waals surface area (Å²) >= 11 is 0. The molecule has 1 saturated heterocycles. The molecule has 0 saturated carbocycles. The van der Waals surface area contributed by atoms with Gasteiger partial charge in [0.1, 0.15) is 17.5 Å². The Labute approximate surface area is 158 Å². The number of hydrogen-bond acceptors (Lipinski definition) is 3. The molecule has 0 radical (unpaired) electrons. The van der Waals surface area contributed by atoms with Gasteiger partial charge in [-0.3, -0.25) is 4.79 Å². The number of anilines is 1.